The second-order valence-corrected chi connectivity index (χ2v) is 2.92. The molecular formula is C10H16N2O2. The Balaban J connectivity index is 3.14. The largest absolute Gasteiger partial charge is 0.493 e. The number of ether oxygens (including phenoxy) is 2. The molecular weight excluding hydrogens is 180 g/mol. The van der Waals surface area contributed by atoms with E-state index in [-0.39, 0.29) is 6.04 Å². The first-order valence-electron chi connectivity index (χ1n) is 4.41. The lowest BCUT2D eigenvalue weighted by Gasteiger charge is -2.16. The van der Waals surface area contributed by atoms with Crippen LogP contribution in [0.3, 0.4) is 0 Å². The third-order valence-electron chi connectivity index (χ3n) is 2.09. The number of rotatable bonds is 4. The molecule has 0 spiro atoms. The van der Waals surface area contributed by atoms with Crippen molar-refractivity contribution in [3.05, 3.63) is 23.8 Å². The van der Waals surface area contributed by atoms with E-state index in [4.69, 9.17) is 20.9 Å². The van der Waals surface area contributed by atoms with Crippen molar-refractivity contribution < 1.29 is 9.47 Å². The van der Waals surface area contributed by atoms with E-state index in [2.05, 4.69) is 0 Å². The van der Waals surface area contributed by atoms with Crippen LogP contribution in [0.2, 0.25) is 0 Å². The summed E-state index contributed by atoms with van der Waals surface area (Å²) in [7, 11) is 3.18. The van der Waals surface area contributed by atoms with Crippen molar-refractivity contribution in [1.82, 2.24) is 0 Å². The van der Waals surface area contributed by atoms with Gasteiger partial charge in [0.05, 0.1) is 14.2 Å². The number of para-hydroxylation sites is 1. The van der Waals surface area contributed by atoms with E-state index < -0.39 is 0 Å². The molecule has 1 aromatic rings. The van der Waals surface area contributed by atoms with Crippen molar-refractivity contribution in [3.8, 4) is 11.5 Å². The zero-order chi connectivity index (χ0) is 10.6. The first-order valence-corrected chi connectivity index (χ1v) is 4.41. The second-order valence-electron chi connectivity index (χ2n) is 2.92. The van der Waals surface area contributed by atoms with E-state index >= 15 is 0 Å². The number of benzene rings is 1. The van der Waals surface area contributed by atoms with E-state index in [1.807, 2.05) is 18.2 Å². The lowest BCUT2D eigenvalue weighted by atomic mass is 10.1. The van der Waals surface area contributed by atoms with Gasteiger partial charge in [-0.1, -0.05) is 12.1 Å². The monoisotopic (exact) mass is 196 g/mol. The normalized spacial score (nSPS) is 12.3. The maximum atomic E-state index is 5.83. The molecule has 14 heavy (non-hydrogen) atoms. The first kappa shape index (κ1) is 10.8. The van der Waals surface area contributed by atoms with Gasteiger partial charge < -0.3 is 20.9 Å². The predicted octanol–water partition coefficient (Wildman–Crippen LogP) is 0.662. The van der Waals surface area contributed by atoms with Crippen LogP contribution in [0.15, 0.2) is 18.2 Å². The molecule has 0 aromatic heterocycles. The third kappa shape index (κ3) is 1.97. The number of methoxy groups -OCH3 is 2. The minimum absolute atomic E-state index is 0.222. The molecule has 0 saturated carbocycles. The average molecular weight is 196 g/mol. The molecule has 0 aliphatic carbocycles. The zero-order valence-corrected chi connectivity index (χ0v) is 8.49. The van der Waals surface area contributed by atoms with Gasteiger partial charge in [-0.15, -0.1) is 0 Å². The van der Waals surface area contributed by atoms with Gasteiger partial charge in [0.25, 0.3) is 0 Å². The average Bonchev–Trinajstić information content (AvgIpc) is 2.26. The van der Waals surface area contributed by atoms with Crippen LogP contribution in [0.25, 0.3) is 0 Å². The Morgan fingerprint density at radius 1 is 1.29 bits per heavy atom. The van der Waals surface area contributed by atoms with Gasteiger partial charge in [-0.05, 0) is 6.07 Å². The van der Waals surface area contributed by atoms with Gasteiger partial charge in [0.2, 0.25) is 0 Å². The molecule has 0 aliphatic heterocycles. The van der Waals surface area contributed by atoms with E-state index in [9.17, 15) is 0 Å². The quantitative estimate of drug-likeness (QED) is 0.742. The molecule has 0 saturated heterocycles. The fourth-order valence-corrected chi connectivity index (χ4v) is 1.33. The number of hydrogen-bond acceptors (Lipinski definition) is 4. The van der Waals surface area contributed by atoms with Gasteiger partial charge in [0.15, 0.2) is 11.5 Å². The second kappa shape index (κ2) is 4.83. The Morgan fingerprint density at radius 3 is 2.50 bits per heavy atom. The van der Waals surface area contributed by atoms with Crippen LogP contribution in [-0.4, -0.2) is 20.8 Å². The molecule has 0 fully saturated rings. The molecule has 4 nitrogen and oxygen atoms in total. The van der Waals surface area contributed by atoms with Crippen molar-refractivity contribution in [3.63, 3.8) is 0 Å². The standard InChI is InChI=1S/C10H16N2O2/c1-13-9-5-3-4-7(8(12)6-11)10(9)14-2/h3-5,8H,6,11-12H2,1-2H3/t8-/m0/s1. The molecule has 0 bridgehead atoms. The van der Waals surface area contributed by atoms with Crippen LogP contribution >= 0.6 is 0 Å². The zero-order valence-electron chi connectivity index (χ0n) is 8.49. The summed E-state index contributed by atoms with van der Waals surface area (Å²) in [4.78, 5) is 0. The summed E-state index contributed by atoms with van der Waals surface area (Å²) in [6, 6.07) is 5.36. The summed E-state index contributed by atoms with van der Waals surface area (Å²) < 4.78 is 10.4. The number of nitrogens with two attached hydrogens (primary N) is 2. The highest BCUT2D eigenvalue weighted by atomic mass is 16.5. The van der Waals surface area contributed by atoms with Gasteiger partial charge in [0, 0.05) is 18.2 Å². The van der Waals surface area contributed by atoms with Crippen molar-refractivity contribution in [2.24, 2.45) is 11.5 Å². The Kier molecular flexibility index (Phi) is 3.73. The molecule has 1 atom stereocenters. The van der Waals surface area contributed by atoms with Gasteiger partial charge in [0.1, 0.15) is 0 Å². The van der Waals surface area contributed by atoms with Crippen LogP contribution in [0.1, 0.15) is 11.6 Å². The van der Waals surface area contributed by atoms with E-state index in [0.717, 1.165) is 5.56 Å². The maximum Gasteiger partial charge on any atom is 0.165 e. The Labute approximate surface area is 83.8 Å². The maximum absolute atomic E-state index is 5.83. The fourth-order valence-electron chi connectivity index (χ4n) is 1.33. The van der Waals surface area contributed by atoms with Crippen LogP contribution < -0.4 is 20.9 Å². The third-order valence-corrected chi connectivity index (χ3v) is 2.09. The van der Waals surface area contributed by atoms with Gasteiger partial charge >= 0.3 is 0 Å². The minimum Gasteiger partial charge on any atom is -0.493 e. The van der Waals surface area contributed by atoms with E-state index in [1.165, 1.54) is 0 Å². The van der Waals surface area contributed by atoms with Crippen molar-refractivity contribution in [2.45, 2.75) is 6.04 Å². The fraction of sp³-hybridized carbons (Fsp3) is 0.400. The Bertz CT molecular complexity index is 302. The molecule has 1 rings (SSSR count). The molecule has 0 aliphatic rings. The highest BCUT2D eigenvalue weighted by Crippen LogP contribution is 2.33. The molecule has 1 aromatic carbocycles. The molecule has 4 heteroatoms. The number of hydrogen-bond donors (Lipinski definition) is 2. The van der Waals surface area contributed by atoms with E-state index in [1.54, 1.807) is 14.2 Å². The van der Waals surface area contributed by atoms with Crippen LogP contribution in [0.4, 0.5) is 0 Å². The molecule has 0 amide bonds. The van der Waals surface area contributed by atoms with Gasteiger partial charge in [-0.3, -0.25) is 0 Å². The molecule has 0 heterocycles. The lowest BCUT2D eigenvalue weighted by molar-refractivity contribution is 0.349. The smallest absolute Gasteiger partial charge is 0.165 e. The Morgan fingerprint density at radius 2 is 2.00 bits per heavy atom. The predicted molar refractivity (Wildman–Crippen MR) is 55.5 cm³/mol. The lowest BCUT2D eigenvalue weighted by Crippen LogP contribution is -2.21. The summed E-state index contributed by atoms with van der Waals surface area (Å²) in [5.41, 5.74) is 12.2. The van der Waals surface area contributed by atoms with Crippen molar-refractivity contribution in [2.75, 3.05) is 20.8 Å². The van der Waals surface area contributed by atoms with Crippen LogP contribution in [0, 0.1) is 0 Å². The SMILES string of the molecule is COc1cccc([C@@H](N)CN)c1OC. The molecule has 78 valence electrons. The summed E-state index contributed by atoms with van der Waals surface area (Å²) in [5, 5.41) is 0. The van der Waals surface area contributed by atoms with Crippen molar-refractivity contribution >= 4 is 0 Å². The summed E-state index contributed by atoms with van der Waals surface area (Å²) in [6.45, 7) is 0.378. The molecule has 0 unspecified atom stereocenters. The van der Waals surface area contributed by atoms with Crippen LogP contribution in [0.5, 0.6) is 11.5 Å². The van der Waals surface area contributed by atoms with Crippen molar-refractivity contribution in [1.29, 1.82) is 0 Å². The minimum atomic E-state index is -0.222. The highest BCUT2D eigenvalue weighted by molar-refractivity contribution is 5.48. The molecule has 4 N–H and O–H groups in total. The molecule has 0 radical (unpaired) electrons. The highest BCUT2D eigenvalue weighted by Gasteiger charge is 2.13. The summed E-state index contributed by atoms with van der Waals surface area (Å²) >= 11 is 0. The Hall–Kier alpha value is -1.26. The summed E-state index contributed by atoms with van der Waals surface area (Å²) in [5.74, 6) is 1.34. The topological polar surface area (TPSA) is 70.5 Å². The van der Waals surface area contributed by atoms with Crippen LogP contribution in [-0.2, 0) is 0 Å². The van der Waals surface area contributed by atoms with Gasteiger partial charge in [-0.2, -0.15) is 0 Å². The van der Waals surface area contributed by atoms with Gasteiger partial charge in [-0.25, -0.2) is 0 Å². The first-order chi connectivity index (χ1) is 6.74. The van der Waals surface area contributed by atoms with E-state index in [0.29, 0.717) is 18.0 Å². The summed E-state index contributed by atoms with van der Waals surface area (Å²) in [6.07, 6.45) is 0.